The number of nitrogens with one attached hydrogen (secondary N) is 1. The van der Waals surface area contributed by atoms with Crippen molar-refractivity contribution in [2.75, 3.05) is 18.8 Å². The standard InChI is InChI=1S/C24H26BrClF3N3O5S/c1-2-38(36,37)32(12-15-5-3-6-17(26)9-15)22(33)16-10-20(24(27,28)29)19(21(25)11-16)14-31-8-4-7-18(13-31)30-23(34)35/h3,5-6,9-11,18,30H,2,4,7-8,12-14H2,1H3,(H,34,35). The first kappa shape index (κ1) is 30.2. The normalized spacial score (nSPS) is 16.7. The van der Waals surface area contributed by atoms with E-state index in [-0.39, 0.29) is 23.1 Å². The number of benzene rings is 2. The van der Waals surface area contributed by atoms with Gasteiger partial charge in [0.05, 0.1) is 17.9 Å². The van der Waals surface area contributed by atoms with Crippen LogP contribution in [0.15, 0.2) is 40.9 Å². The SMILES string of the molecule is CCS(=O)(=O)N(Cc1cccc(Cl)c1)C(=O)c1cc(Br)c(CN2CCCC(NC(=O)O)C2)c(C(F)(F)F)c1. The van der Waals surface area contributed by atoms with Gasteiger partial charge in [-0.3, -0.25) is 9.69 Å². The molecule has 0 saturated carbocycles. The first-order chi connectivity index (χ1) is 17.7. The van der Waals surface area contributed by atoms with Crippen LogP contribution in [0.3, 0.4) is 0 Å². The van der Waals surface area contributed by atoms with E-state index in [0.717, 1.165) is 0 Å². The molecule has 2 aromatic rings. The van der Waals surface area contributed by atoms with Crippen LogP contribution in [0.5, 0.6) is 0 Å². The summed E-state index contributed by atoms with van der Waals surface area (Å²) in [4.78, 5) is 26.1. The molecule has 0 aliphatic carbocycles. The van der Waals surface area contributed by atoms with Gasteiger partial charge in [0.15, 0.2) is 0 Å². The van der Waals surface area contributed by atoms with Crippen LogP contribution in [0.1, 0.15) is 46.8 Å². The number of nitrogens with zero attached hydrogens (tertiary/aromatic N) is 2. The van der Waals surface area contributed by atoms with Gasteiger partial charge in [0.1, 0.15) is 0 Å². The summed E-state index contributed by atoms with van der Waals surface area (Å²) in [6, 6.07) is 7.59. The van der Waals surface area contributed by atoms with Gasteiger partial charge < -0.3 is 10.4 Å². The van der Waals surface area contributed by atoms with E-state index in [0.29, 0.717) is 40.3 Å². The Morgan fingerprint density at radius 3 is 2.58 bits per heavy atom. The number of carbonyl (C=O) groups excluding carboxylic acids is 1. The summed E-state index contributed by atoms with van der Waals surface area (Å²) in [5.41, 5.74) is -1.27. The van der Waals surface area contributed by atoms with Crippen molar-refractivity contribution in [3.05, 3.63) is 68.1 Å². The van der Waals surface area contributed by atoms with E-state index in [1.54, 1.807) is 23.1 Å². The predicted molar refractivity (Wildman–Crippen MR) is 139 cm³/mol. The Bertz CT molecular complexity index is 1310. The molecule has 1 aliphatic rings. The molecule has 3 rings (SSSR count). The summed E-state index contributed by atoms with van der Waals surface area (Å²) >= 11 is 9.13. The minimum atomic E-state index is -4.84. The van der Waals surface area contributed by atoms with Crippen molar-refractivity contribution >= 4 is 49.6 Å². The maximum absolute atomic E-state index is 14.2. The number of piperidine rings is 1. The average molecular weight is 641 g/mol. The minimum Gasteiger partial charge on any atom is -0.465 e. The van der Waals surface area contributed by atoms with E-state index < -0.39 is 57.7 Å². The number of rotatable bonds is 8. The molecule has 1 fully saturated rings. The lowest BCUT2D eigenvalue weighted by Crippen LogP contribution is -2.47. The number of alkyl halides is 3. The smallest absolute Gasteiger partial charge is 0.416 e. The molecule has 1 atom stereocenters. The number of carboxylic acid groups (broad SMARTS) is 1. The van der Waals surface area contributed by atoms with Crippen LogP contribution >= 0.6 is 27.5 Å². The van der Waals surface area contributed by atoms with Crippen molar-refractivity contribution < 1.29 is 36.3 Å². The monoisotopic (exact) mass is 639 g/mol. The number of halogens is 5. The third-order valence-electron chi connectivity index (χ3n) is 6.10. The molecule has 14 heteroatoms. The molecule has 38 heavy (non-hydrogen) atoms. The summed E-state index contributed by atoms with van der Waals surface area (Å²) in [5.74, 6) is -1.54. The minimum absolute atomic E-state index is 0.0133. The van der Waals surface area contributed by atoms with E-state index in [1.165, 1.54) is 19.1 Å². The van der Waals surface area contributed by atoms with Gasteiger partial charge >= 0.3 is 12.3 Å². The molecule has 2 aromatic carbocycles. The summed E-state index contributed by atoms with van der Waals surface area (Å²) in [7, 11) is -4.15. The van der Waals surface area contributed by atoms with E-state index in [4.69, 9.17) is 16.7 Å². The topological polar surface area (TPSA) is 107 Å². The number of amides is 2. The Morgan fingerprint density at radius 2 is 1.97 bits per heavy atom. The number of hydrogen-bond donors (Lipinski definition) is 2. The molecule has 0 bridgehead atoms. The number of likely N-dealkylation sites (tertiary alicyclic amines) is 1. The Balaban J connectivity index is 1.98. The van der Waals surface area contributed by atoms with Crippen LogP contribution in [0, 0.1) is 0 Å². The molecule has 2 amide bonds. The summed E-state index contributed by atoms with van der Waals surface area (Å²) in [6.07, 6.45) is -4.89. The number of sulfonamides is 1. The highest BCUT2D eigenvalue weighted by molar-refractivity contribution is 9.10. The van der Waals surface area contributed by atoms with Gasteiger partial charge in [-0.25, -0.2) is 17.5 Å². The third kappa shape index (κ3) is 7.61. The predicted octanol–water partition coefficient (Wildman–Crippen LogP) is 5.35. The van der Waals surface area contributed by atoms with Crippen molar-refractivity contribution in [3.8, 4) is 0 Å². The lowest BCUT2D eigenvalue weighted by molar-refractivity contribution is -0.138. The molecule has 0 radical (unpaired) electrons. The Morgan fingerprint density at radius 1 is 1.26 bits per heavy atom. The van der Waals surface area contributed by atoms with Crippen LogP contribution in [0.4, 0.5) is 18.0 Å². The zero-order valence-corrected chi connectivity index (χ0v) is 23.4. The van der Waals surface area contributed by atoms with Gasteiger partial charge in [0.2, 0.25) is 10.0 Å². The van der Waals surface area contributed by atoms with Gasteiger partial charge in [-0.2, -0.15) is 13.2 Å². The van der Waals surface area contributed by atoms with Crippen molar-refractivity contribution in [2.24, 2.45) is 0 Å². The van der Waals surface area contributed by atoms with Gasteiger partial charge in [0, 0.05) is 34.2 Å². The Kier molecular flexibility index (Phi) is 9.71. The van der Waals surface area contributed by atoms with Crippen molar-refractivity contribution in [1.82, 2.24) is 14.5 Å². The van der Waals surface area contributed by atoms with E-state index >= 15 is 0 Å². The van der Waals surface area contributed by atoms with Crippen molar-refractivity contribution in [3.63, 3.8) is 0 Å². The second-order valence-corrected chi connectivity index (χ2v) is 12.3. The highest BCUT2D eigenvalue weighted by Crippen LogP contribution is 2.38. The molecule has 0 aromatic heterocycles. The molecular weight excluding hydrogens is 615 g/mol. The maximum Gasteiger partial charge on any atom is 0.416 e. The first-order valence-electron chi connectivity index (χ1n) is 11.6. The zero-order chi connectivity index (χ0) is 28.3. The third-order valence-corrected chi connectivity index (χ3v) is 8.74. The summed E-state index contributed by atoms with van der Waals surface area (Å²) in [5, 5.41) is 11.7. The molecule has 1 aliphatic heterocycles. The van der Waals surface area contributed by atoms with Crippen molar-refractivity contribution in [2.45, 2.75) is 45.1 Å². The fraction of sp³-hybridized carbons (Fsp3) is 0.417. The Hall–Kier alpha value is -2.35. The molecule has 1 heterocycles. The molecular formula is C24H26BrClF3N3O5S. The van der Waals surface area contributed by atoms with Gasteiger partial charge in [-0.05, 0) is 61.7 Å². The number of carbonyl (C=O) groups is 2. The highest BCUT2D eigenvalue weighted by Gasteiger charge is 2.37. The largest absolute Gasteiger partial charge is 0.465 e. The van der Waals surface area contributed by atoms with Crippen molar-refractivity contribution in [1.29, 1.82) is 0 Å². The molecule has 0 spiro atoms. The van der Waals surface area contributed by atoms with Crippen LogP contribution < -0.4 is 5.32 Å². The molecule has 1 unspecified atom stereocenters. The second kappa shape index (κ2) is 12.2. The quantitative estimate of drug-likeness (QED) is 0.403. The molecule has 2 N–H and O–H groups in total. The van der Waals surface area contributed by atoms with Crippen LogP contribution in [0.2, 0.25) is 5.02 Å². The summed E-state index contributed by atoms with van der Waals surface area (Å²) in [6.45, 7) is 1.46. The lowest BCUT2D eigenvalue weighted by atomic mass is 10.00. The maximum atomic E-state index is 14.2. The van der Waals surface area contributed by atoms with Gasteiger partial charge in [0.25, 0.3) is 5.91 Å². The Labute approximate surface area is 231 Å². The molecule has 208 valence electrons. The number of hydrogen-bond acceptors (Lipinski definition) is 5. The molecule has 8 nitrogen and oxygen atoms in total. The highest BCUT2D eigenvalue weighted by atomic mass is 79.9. The fourth-order valence-electron chi connectivity index (χ4n) is 4.29. The van der Waals surface area contributed by atoms with Gasteiger partial charge in [-0.1, -0.05) is 39.7 Å². The van der Waals surface area contributed by atoms with Crippen LogP contribution in [-0.4, -0.2) is 59.6 Å². The fourth-order valence-corrected chi connectivity index (χ4v) is 6.10. The first-order valence-corrected chi connectivity index (χ1v) is 14.4. The van der Waals surface area contributed by atoms with Gasteiger partial charge in [-0.15, -0.1) is 0 Å². The summed E-state index contributed by atoms with van der Waals surface area (Å²) < 4.78 is 68.7. The average Bonchev–Trinajstić information content (AvgIpc) is 2.82. The van der Waals surface area contributed by atoms with E-state index in [9.17, 15) is 31.2 Å². The van der Waals surface area contributed by atoms with E-state index in [1.807, 2.05) is 0 Å². The van der Waals surface area contributed by atoms with Crippen LogP contribution in [-0.2, 0) is 29.3 Å². The molecule has 1 saturated heterocycles. The van der Waals surface area contributed by atoms with Crippen LogP contribution in [0.25, 0.3) is 0 Å². The second-order valence-electron chi connectivity index (χ2n) is 8.85. The van der Waals surface area contributed by atoms with E-state index in [2.05, 4.69) is 21.2 Å². The zero-order valence-electron chi connectivity index (χ0n) is 20.3. The lowest BCUT2D eigenvalue weighted by Gasteiger charge is -2.33.